The summed E-state index contributed by atoms with van der Waals surface area (Å²) in [4.78, 5) is 29.1. The summed E-state index contributed by atoms with van der Waals surface area (Å²) in [6.07, 6.45) is 1.31. The number of likely N-dealkylation sites (N-methyl/N-ethyl adjacent to an activating group) is 2. The summed E-state index contributed by atoms with van der Waals surface area (Å²) < 4.78 is 0. The molecule has 0 bridgehead atoms. The Morgan fingerprint density at radius 3 is 2.70 bits per heavy atom. The van der Waals surface area contributed by atoms with Gasteiger partial charge in [-0.25, -0.2) is 9.59 Å². The number of carboxylic acids is 1. The van der Waals surface area contributed by atoms with Gasteiger partial charge in [0, 0.05) is 38.8 Å². The third-order valence-electron chi connectivity index (χ3n) is 4.27. The second kappa shape index (κ2) is 6.41. The predicted molar refractivity (Wildman–Crippen MR) is 74.7 cm³/mol. The monoisotopic (exact) mass is 284 g/mol. The van der Waals surface area contributed by atoms with Gasteiger partial charge in [-0.05, 0) is 26.9 Å². The maximum Gasteiger partial charge on any atom is 0.326 e. The first-order valence-electron chi connectivity index (χ1n) is 7.15. The van der Waals surface area contributed by atoms with Gasteiger partial charge >= 0.3 is 12.0 Å². The smallest absolute Gasteiger partial charge is 0.326 e. The average molecular weight is 284 g/mol. The molecule has 0 radical (unpaired) electrons. The maximum atomic E-state index is 12.1. The highest BCUT2D eigenvalue weighted by Gasteiger charge is 2.34. The summed E-state index contributed by atoms with van der Waals surface area (Å²) in [5, 5.41) is 12.0. The first-order chi connectivity index (χ1) is 9.49. The lowest BCUT2D eigenvalue weighted by Gasteiger charge is -2.38. The molecule has 2 rings (SSSR count). The average Bonchev–Trinajstić information content (AvgIpc) is 2.89. The van der Waals surface area contributed by atoms with E-state index in [2.05, 4.69) is 29.2 Å². The Labute approximate surface area is 119 Å². The van der Waals surface area contributed by atoms with Gasteiger partial charge in [-0.2, -0.15) is 0 Å². The normalized spacial score (nSPS) is 28.6. The van der Waals surface area contributed by atoms with Crippen LogP contribution >= 0.6 is 0 Å². The molecule has 114 valence electrons. The van der Waals surface area contributed by atoms with Gasteiger partial charge in [0.15, 0.2) is 0 Å². The van der Waals surface area contributed by atoms with Crippen molar-refractivity contribution in [3.05, 3.63) is 0 Å². The van der Waals surface area contributed by atoms with E-state index >= 15 is 0 Å². The minimum atomic E-state index is -0.910. The molecule has 1 unspecified atom stereocenters. The third-order valence-corrected chi connectivity index (χ3v) is 4.27. The number of hydrogen-bond donors (Lipinski definition) is 2. The molecule has 7 heteroatoms. The molecule has 20 heavy (non-hydrogen) atoms. The molecule has 2 atom stereocenters. The predicted octanol–water partition coefficient (Wildman–Crippen LogP) is -0.509. The van der Waals surface area contributed by atoms with Crippen LogP contribution in [0, 0.1) is 0 Å². The zero-order valence-electron chi connectivity index (χ0n) is 12.2. The van der Waals surface area contributed by atoms with E-state index in [1.54, 1.807) is 0 Å². The summed E-state index contributed by atoms with van der Waals surface area (Å²) in [5.41, 5.74) is 0. The number of aliphatic carboxylic acids is 1. The zero-order chi connectivity index (χ0) is 14.7. The van der Waals surface area contributed by atoms with Crippen LogP contribution in [0.5, 0.6) is 0 Å². The van der Waals surface area contributed by atoms with Crippen molar-refractivity contribution in [2.24, 2.45) is 0 Å². The number of carboxylic acid groups (broad SMARTS) is 1. The molecule has 2 amide bonds. The molecular formula is C13H24N4O3. The SMILES string of the molecule is CN1CCN(C)C(CNC(=O)N2CCC[C@@H]2C(=O)O)C1. The van der Waals surface area contributed by atoms with E-state index in [0.29, 0.717) is 19.5 Å². The largest absolute Gasteiger partial charge is 0.480 e. The minimum Gasteiger partial charge on any atom is -0.480 e. The van der Waals surface area contributed by atoms with E-state index in [1.165, 1.54) is 4.90 Å². The van der Waals surface area contributed by atoms with Crippen LogP contribution in [0.1, 0.15) is 12.8 Å². The quantitative estimate of drug-likeness (QED) is 0.730. The number of likely N-dealkylation sites (tertiary alicyclic amines) is 1. The fourth-order valence-corrected chi connectivity index (χ4v) is 2.90. The number of amides is 2. The number of urea groups is 1. The molecule has 2 fully saturated rings. The summed E-state index contributed by atoms with van der Waals surface area (Å²) in [5.74, 6) is -0.910. The Balaban J connectivity index is 1.84. The third kappa shape index (κ3) is 3.40. The van der Waals surface area contributed by atoms with Gasteiger partial charge in [0.05, 0.1) is 0 Å². The Hall–Kier alpha value is -1.34. The number of nitrogens with one attached hydrogen (secondary N) is 1. The standard InChI is InChI=1S/C13H24N4O3/c1-15-6-7-16(2)10(9-15)8-14-13(20)17-5-3-4-11(17)12(18)19/h10-11H,3-9H2,1-2H3,(H,14,20)(H,18,19)/t10?,11-/m1/s1. The van der Waals surface area contributed by atoms with Crippen molar-refractivity contribution in [2.75, 3.05) is 46.8 Å². The van der Waals surface area contributed by atoms with Crippen LogP contribution in [-0.4, -0.2) is 90.7 Å². The molecule has 2 heterocycles. The minimum absolute atomic E-state index is 0.253. The van der Waals surface area contributed by atoms with Gasteiger partial charge in [0.1, 0.15) is 6.04 Å². The van der Waals surface area contributed by atoms with Crippen LogP contribution < -0.4 is 5.32 Å². The van der Waals surface area contributed by atoms with Crippen molar-refractivity contribution in [2.45, 2.75) is 24.9 Å². The van der Waals surface area contributed by atoms with Crippen molar-refractivity contribution >= 4 is 12.0 Å². The number of rotatable bonds is 3. The highest BCUT2D eigenvalue weighted by atomic mass is 16.4. The molecule has 0 saturated carbocycles. The van der Waals surface area contributed by atoms with Gasteiger partial charge in [0.2, 0.25) is 0 Å². The van der Waals surface area contributed by atoms with E-state index in [4.69, 9.17) is 5.11 Å². The molecule has 0 aromatic rings. The van der Waals surface area contributed by atoms with E-state index in [1.807, 2.05) is 0 Å². The summed E-state index contributed by atoms with van der Waals surface area (Å²) in [6.45, 7) is 4.03. The Morgan fingerprint density at radius 2 is 2.00 bits per heavy atom. The van der Waals surface area contributed by atoms with Crippen LogP contribution in [0.15, 0.2) is 0 Å². The molecule has 7 nitrogen and oxygen atoms in total. The maximum absolute atomic E-state index is 12.1. The van der Waals surface area contributed by atoms with Crippen LogP contribution in [0.3, 0.4) is 0 Å². The Morgan fingerprint density at radius 1 is 1.25 bits per heavy atom. The Bertz CT molecular complexity index is 377. The molecule has 0 aromatic heterocycles. The molecule has 0 aliphatic carbocycles. The van der Waals surface area contributed by atoms with E-state index < -0.39 is 12.0 Å². The van der Waals surface area contributed by atoms with Gasteiger partial charge < -0.3 is 20.2 Å². The Kier molecular flexibility index (Phi) is 4.82. The zero-order valence-corrected chi connectivity index (χ0v) is 12.2. The van der Waals surface area contributed by atoms with Crippen LogP contribution in [-0.2, 0) is 4.79 Å². The summed E-state index contributed by atoms with van der Waals surface area (Å²) in [6, 6.07) is -0.637. The number of nitrogens with zero attached hydrogens (tertiary/aromatic N) is 3. The second-order valence-corrected chi connectivity index (χ2v) is 5.77. The number of hydrogen-bond acceptors (Lipinski definition) is 4. The first kappa shape index (κ1) is 15.1. The topological polar surface area (TPSA) is 76.1 Å². The van der Waals surface area contributed by atoms with Crippen molar-refractivity contribution in [3.8, 4) is 0 Å². The summed E-state index contributed by atoms with van der Waals surface area (Å²) in [7, 11) is 4.13. The van der Waals surface area contributed by atoms with Gasteiger partial charge in [-0.3, -0.25) is 4.90 Å². The molecule has 2 aliphatic rings. The fourth-order valence-electron chi connectivity index (χ4n) is 2.90. The van der Waals surface area contributed by atoms with E-state index in [-0.39, 0.29) is 12.1 Å². The molecule has 2 saturated heterocycles. The number of piperazine rings is 1. The molecule has 0 spiro atoms. The lowest BCUT2D eigenvalue weighted by Crippen LogP contribution is -2.56. The van der Waals surface area contributed by atoms with E-state index in [9.17, 15) is 9.59 Å². The van der Waals surface area contributed by atoms with E-state index in [0.717, 1.165) is 26.1 Å². The molecule has 0 aromatic carbocycles. The van der Waals surface area contributed by atoms with Crippen LogP contribution in [0.2, 0.25) is 0 Å². The van der Waals surface area contributed by atoms with Crippen LogP contribution in [0.25, 0.3) is 0 Å². The van der Waals surface area contributed by atoms with Crippen molar-refractivity contribution in [1.82, 2.24) is 20.0 Å². The number of carbonyl (C=O) groups excluding carboxylic acids is 1. The van der Waals surface area contributed by atoms with Gasteiger partial charge in [-0.15, -0.1) is 0 Å². The lowest BCUT2D eigenvalue weighted by molar-refractivity contribution is -0.141. The second-order valence-electron chi connectivity index (χ2n) is 5.77. The lowest BCUT2D eigenvalue weighted by atomic mass is 10.2. The summed E-state index contributed by atoms with van der Waals surface area (Å²) >= 11 is 0. The highest BCUT2D eigenvalue weighted by molar-refractivity contribution is 5.83. The number of carbonyl (C=O) groups is 2. The molecule has 2 N–H and O–H groups in total. The van der Waals surface area contributed by atoms with Crippen LogP contribution in [0.4, 0.5) is 4.79 Å². The highest BCUT2D eigenvalue weighted by Crippen LogP contribution is 2.17. The van der Waals surface area contributed by atoms with Gasteiger partial charge in [0.25, 0.3) is 0 Å². The van der Waals surface area contributed by atoms with Crippen molar-refractivity contribution < 1.29 is 14.7 Å². The van der Waals surface area contributed by atoms with Gasteiger partial charge in [-0.1, -0.05) is 0 Å². The molecule has 2 aliphatic heterocycles. The first-order valence-corrected chi connectivity index (χ1v) is 7.15. The fraction of sp³-hybridized carbons (Fsp3) is 0.846. The van der Waals surface area contributed by atoms with Crippen molar-refractivity contribution in [1.29, 1.82) is 0 Å². The molecular weight excluding hydrogens is 260 g/mol. The van der Waals surface area contributed by atoms with Crippen molar-refractivity contribution in [3.63, 3.8) is 0 Å².